The number of aromatic nitrogens is 7. The van der Waals surface area contributed by atoms with Crippen LogP contribution in [-0.4, -0.2) is 40.9 Å². The van der Waals surface area contributed by atoms with Gasteiger partial charge in [-0.1, -0.05) is 23.4 Å². The molecular weight excluding hydrogens is 328 g/mol. The summed E-state index contributed by atoms with van der Waals surface area (Å²) in [6.07, 6.45) is 6.55. The summed E-state index contributed by atoms with van der Waals surface area (Å²) < 4.78 is 5.70. The van der Waals surface area contributed by atoms with Gasteiger partial charge in [0, 0.05) is 50.2 Å². The Balaban J connectivity index is 1.70. The molecule has 0 aliphatic carbocycles. The molecule has 0 amide bonds. The first-order valence-corrected chi connectivity index (χ1v) is 8.58. The Hall–Kier alpha value is -3.26. The number of benzene rings is 1. The number of aryl methyl sites for hydroxylation is 1. The summed E-state index contributed by atoms with van der Waals surface area (Å²) in [6, 6.07) is 10.2. The van der Waals surface area contributed by atoms with E-state index in [1.165, 1.54) is 11.3 Å². The van der Waals surface area contributed by atoms with Gasteiger partial charge in [-0.25, -0.2) is 9.67 Å². The van der Waals surface area contributed by atoms with E-state index >= 15 is 0 Å². The summed E-state index contributed by atoms with van der Waals surface area (Å²) in [4.78, 5) is 4.58. The largest absolute Gasteiger partial charge is 0.312 e. The van der Waals surface area contributed by atoms with Gasteiger partial charge >= 0.3 is 0 Å². The molecule has 0 unspecified atom stereocenters. The van der Waals surface area contributed by atoms with Gasteiger partial charge in [-0.2, -0.15) is 5.10 Å². The molecule has 4 heterocycles. The average molecular weight is 346 g/mol. The summed E-state index contributed by atoms with van der Waals surface area (Å²) in [5.74, 6) is 0.782. The van der Waals surface area contributed by atoms with E-state index in [0.29, 0.717) is 0 Å². The van der Waals surface area contributed by atoms with E-state index in [0.717, 1.165) is 42.5 Å². The molecule has 1 N–H and O–H groups in total. The number of fused-ring (bicyclic) bond motifs is 1. The fourth-order valence-electron chi connectivity index (χ4n) is 3.42. The highest BCUT2D eigenvalue weighted by molar-refractivity contribution is 5.60. The highest BCUT2D eigenvalue weighted by Gasteiger charge is 2.25. The molecule has 0 saturated heterocycles. The molecule has 5 rings (SSSR count). The zero-order chi connectivity index (χ0) is 17.5. The van der Waals surface area contributed by atoms with Crippen LogP contribution in [0.5, 0.6) is 0 Å². The molecule has 8 nitrogen and oxygen atoms in total. The Kier molecular flexibility index (Phi) is 3.42. The quantitative estimate of drug-likeness (QED) is 0.608. The summed E-state index contributed by atoms with van der Waals surface area (Å²) in [6.45, 7) is 1.69. The van der Waals surface area contributed by atoms with Crippen LogP contribution in [0.3, 0.4) is 0 Å². The normalized spacial score (nSPS) is 13.7. The Morgan fingerprint density at radius 3 is 2.85 bits per heavy atom. The average Bonchev–Trinajstić information content (AvgIpc) is 3.40. The van der Waals surface area contributed by atoms with Crippen molar-refractivity contribution in [2.45, 2.75) is 13.0 Å². The summed E-state index contributed by atoms with van der Waals surface area (Å²) in [5.41, 5.74) is 5.04. The Bertz CT molecular complexity index is 1060. The Labute approximate surface area is 150 Å². The molecular formula is C18H18N8. The van der Waals surface area contributed by atoms with Crippen molar-refractivity contribution < 1.29 is 0 Å². The third-order valence-corrected chi connectivity index (χ3v) is 4.62. The number of nitrogens with zero attached hydrogens (tertiary/aromatic N) is 7. The van der Waals surface area contributed by atoms with Crippen LogP contribution in [0.2, 0.25) is 0 Å². The maximum Gasteiger partial charge on any atom is 0.235 e. The minimum atomic E-state index is 0.771. The van der Waals surface area contributed by atoms with Crippen molar-refractivity contribution in [1.29, 1.82) is 0 Å². The van der Waals surface area contributed by atoms with Gasteiger partial charge in [0.05, 0.1) is 11.9 Å². The smallest absolute Gasteiger partial charge is 0.235 e. The molecule has 0 saturated carbocycles. The lowest BCUT2D eigenvalue weighted by Gasteiger charge is -2.15. The lowest BCUT2D eigenvalue weighted by Crippen LogP contribution is -2.25. The second-order valence-electron chi connectivity index (χ2n) is 6.32. The SMILES string of the molecule is Cn1cc(-c2nn(-c3nccn3-c3ccccc3)c3c2CNCC3)nn1. The Morgan fingerprint density at radius 1 is 1.15 bits per heavy atom. The van der Waals surface area contributed by atoms with Crippen LogP contribution in [0, 0.1) is 0 Å². The Morgan fingerprint density at radius 2 is 2.04 bits per heavy atom. The maximum atomic E-state index is 4.88. The molecule has 3 aromatic heterocycles. The fourth-order valence-corrected chi connectivity index (χ4v) is 3.42. The molecule has 8 heteroatoms. The topological polar surface area (TPSA) is 78.4 Å². The van der Waals surface area contributed by atoms with E-state index in [-0.39, 0.29) is 0 Å². The van der Waals surface area contributed by atoms with Crippen LogP contribution in [-0.2, 0) is 20.0 Å². The van der Waals surface area contributed by atoms with Crippen LogP contribution in [0.1, 0.15) is 11.3 Å². The number of imidazole rings is 1. The van der Waals surface area contributed by atoms with Crippen LogP contribution in [0.15, 0.2) is 48.9 Å². The summed E-state index contributed by atoms with van der Waals surface area (Å²) in [7, 11) is 1.86. The minimum Gasteiger partial charge on any atom is -0.312 e. The fraction of sp³-hybridized carbons (Fsp3) is 0.222. The summed E-state index contributed by atoms with van der Waals surface area (Å²) >= 11 is 0. The molecule has 26 heavy (non-hydrogen) atoms. The van der Waals surface area contributed by atoms with Gasteiger partial charge in [0.15, 0.2) is 0 Å². The zero-order valence-corrected chi connectivity index (χ0v) is 14.4. The van der Waals surface area contributed by atoms with Gasteiger partial charge in [-0.05, 0) is 12.1 Å². The highest BCUT2D eigenvalue weighted by atomic mass is 15.4. The highest BCUT2D eigenvalue weighted by Crippen LogP contribution is 2.28. The van der Waals surface area contributed by atoms with Crippen molar-refractivity contribution in [1.82, 2.24) is 39.6 Å². The predicted molar refractivity (Wildman–Crippen MR) is 96.1 cm³/mol. The second-order valence-corrected chi connectivity index (χ2v) is 6.32. The second kappa shape index (κ2) is 5.92. The molecule has 0 radical (unpaired) electrons. The predicted octanol–water partition coefficient (Wildman–Crippen LogP) is 1.50. The number of nitrogens with one attached hydrogen (secondary N) is 1. The van der Waals surface area contributed by atoms with Crippen molar-refractivity contribution in [3.63, 3.8) is 0 Å². The molecule has 1 aliphatic rings. The number of hydrogen-bond acceptors (Lipinski definition) is 5. The number of hydrogen-bond donors (Lipinski definition) is 1. The van der Waals surface area contributed by atoms with Crippen molar-refractivity contribution in [3.8, 4) is 23.0 Å². The van der Waals surface area contributed by atoms with E-state index in [1.807, 2.05) is 42.3 Å². The molecule has 0 spiro atoms. The van der Waals surface area contributed by atoms with E-state index in [2.05, 4.69) is 37.3 Å². The van der Waals surface area contributed by atoms with Gasteiger partial charge in [-0.15, -0.1) is 5.10 Å². The monoisotopic (exact) mass is 346 g/mol. The lowest BCUT2D eigenvalue weighted by atomic mass is 10.1. The van der Waals surface area contributed by atoms with Gasteiger partial charge < -0.3 is 5.32 Å². The number of rotatable bonds is 3. The van der Waals surface area contributed by atoms with Gasteiger partial charge in [0.2, 0.25) is 5.95 Å². The van der Waals surface area contributed by atoms with Crippen LogP contribution in [0.25, 0.3) is 23.0 Å². The van der Waals surface area contributed by atoms with Gasteiger partial charge in [0.25, 0.3) is 0 Å². The molecule has 1 aliphatic heterocycles. The molecule has 0 bridgehead atoms. The third kappa shape index (κ3) is 2.34. The van der Waals surface area contributed by atoms with Crippen LogP contribution >= 0.6 is 0 Å². The molecule has 0 fully saturated rings. The van der Waals surface area contributed by atoms with E-state index in [9.17, 15) is 0 Å². The molecule has 0 atom stereocenters. The number of para-hydroxylation sites is 1. The zero-order valence-electron chi connectivity index (χ0n) is 14.4. The van der Waals surface area contributed by atoms with Crippen molar-refractivity contribution in [2.75, 3.05) is 6.54 Å². The van der Waals surface area contributed by atoms with Crippen molar-refractivity contribution >= 4 is 0 Å². The maximum absolute atomic E-state index is 4.88. The van der Waals surface area contributed by atoms with Crippen molar-refractivity contribution in [3.05, 3.63) is 60.2 Å². The van der Waals surface area contributed by atoms with Crippen LogP contribution in [0.4, 0.5) is 0 Å². The van der Waals surface area contributed by atoms with E-state index in [1.54, 1.807) is 10.9 Å². The van der Waals surface area contributed by atoms with Gasteiger partial charge in [0.1, 0.15) is 11.4 Å². The van der Waals surface area contributed by atoms with E-state index in [4.69, 9.17) is 5.10 Å². The van der Waals surface area contributed by atoms with Crippen molar-refractivity contribution in [2.24, 2.45) is 7.05 Å². The molecule has 130 valence electrons. The summed E-state index contributed by atoms with van der Waals surface area (Å²) in [5, 5.41) is 16.6. The first kappa shape index (κ1) is 15.0. The van der Waals surface area contributed by atoms with E-state index < -0.39 is 0 Å². The minimum absolute atomic E-state index is 0.771. The third-order valence-electron chi connectivity index (χ3n) is 4.62. The molecule has 1 aromatic carbocycles. The lowest BCUT2D eigenvalue weighted by molar-refractivity contribution is 0.615. The first-order valence-electron chi connectivity index (χ1n) is 8.58. The van der Waals surface area contributed by atoms with Crippen LogP contribution < -0.4 is 5.32 Å². The standard InChI is InChI=1S/C18H18N8/c1-24-12-15(21-23-24)17-14-11-19-8-7-16(14)26(22-17)18-20-9-10-25(18)13-5-3-2-4-6-13/h2-6,9-10,12,19H,7-8,11H2,1H3. The van der Waals surface area contributed by atoms with Gasteiger partial charge in [-0.3, -0.25) is 9.25 Å². The first-order chi connectivity index (χ1) is 12.8. The molecule has 4 aromatic rings.